The minimum atomic E-state index is 0.818. The van der Waals surface area contributed by atoms with E-state index in [2.05, 4.69) is 227 Å². The average molecular weight is 806 g/mol. The number of nitrogens with zero attached hydrogens (tertiary/aromatic N) is 3. The fraction of sp³-hybridized carbons (Fsp3) is 0. The van der Waals surface area contributed by atoms with Crippen LogP contribution >= 0.6 is 23.5 Å². The van der Waals surface area contributed by atoms with Gasteiger partial charge < -0.3 is 19.4 Å². The largest absolute Gasteiger partial charge is 0.453 e. The molecular formula is C54H35N3OS2. The number of anilines is 9. The first-order chi connectivity index (χ1) is 29.7. The summed E-state index contributed by atoms with van der Waals surface area (Å²) in [5.41, 5.74) is 14.6. The third kappa shape index (κ3) is 5.87. The molecule has 4 nitrogen and oxygen atoms in total. The molecule has 0 fully saturated rings. The summed E-state index contributed by atoms with van der Waals surface area (Å²) in [6.45, 7) is 0. The lowest BCUT2D eigenvalue weighted by atomic mass is 10.0. The second-order valence-corrected chi connectivity index (χ2v) is 17.2. The fourth-order valence-corrected chi connectivity index (χ4v) is 10.8. The zero-order chi connectivity index (χ0) is 39.6. The molecule has 0 aliphatic carbocycles. The van der Waals surface area contributed by atoms with E-state index >= 15 is 0 Å². The summed E-state index contributed by atoms with van der Waals surface area (Å²) in [5.74, 6) is 1.64. The van der Waals surface area contributed by atoms with Crippen LogP contribution < -0.4 is 19.4 Å². The molecule has 3 aliphatic rings. The zero-order valence-corrected chi connectivity index (χ0v) is 33.9. The van der Waals surface area contributed by atoms with Gasteiger partial charge in [0.25, 0.3) is 0 Å². The molecule has 0 N–H and O–H groups in total. The molecule has 0 bridgehead atoms. The second-order valence-electron chi connectivity index (χ2n) is 15.0. The molecule has 0 saturated heterocycles. The minimum absolute atomic E-state index is 0.818. The van der Waals surface area contributed by atoms with E-state index < -0.39 is 0 Å². The number of ether oxygens (including phenoxy) is 1. The van der Waals surface area contributed by atoms with Gasteiger partial charge in [-0.15, -0.1) is 0 Å². The fourth-order valence-electron chi connectivity index (χ4n) is 8.61. The molecule has 60 heavy (non-hydrogen) atoms. The Morgan fingerprint density at radius 2 is 0.583 bits per heavy atom. The van der Waals surface area contributed by atoms with Gasteiger partial charge in [-0.05, 0) is 131 Å². The number of fused-ring (bicyclic) bond motifs is 6. The van der Waals surface area contributed by atoms with Crippen LogP contribution in [0.3, 0.4) is 0 Å². The van der Waals surface area contributed by atoms with Crippen molar-refractivity contribution in [1.82, 2.24) is 0 Å². The van der Waals surface area contributed by atoms with Gasteiger partial charge in [-0.2, -0.15) is 0 Å². The van der Waals surface area contributed by atoms with Crippen LogP contribution in [0, 0.1) is 0 Å². The number of benzene rings is 9. The number of para-hydroxylation sites is 5. The number of hydrogen-bond donors (Lipinski definition) is 0. The molecule has 3 heterocycles. The van der Waals surface area contributed by atoms with Crippen molar-refractivity contribution < 1.29 is 4.74 Å². The summed E-state index contributed by atoms with van der Waals surface area (Å²) in [6.07, 6.45) is 0. The van der Waals surface area contributed by atoms with Gasteiger partial charge in [-0.1, -0.05) is 127 Å². The Morgan fingerprint density at radius 1 is 0.267 bits per heavy atom. The molecule has 3 aliphatic heterocycles. The first-order valence-electron chi connectivity index (χ1n) is 20.1. The van der Waals surface area contributed by atoms with Gasteiger partial charge in [0.05, 0.1) is 34.1 Å². The van der Waals surface area contributed by atoms with Crippen molar-refractivity contribution in [2.24, 2.45) is 0 Å². The zero-order valence-electron chi connectivity index (χ0n) is 32.3. The van der Waals surface area contributed by atoms with Gasteiger partial charge >= 0.3 is 0 Å². The van der Waals surface area contributed by atoms with Crippen molar-refractivity contribution in [2.75, 3.05) is 14.7 Å². The van der Waals surface area contributed by atoms with Crippen molar-refractivity contribution in [3.8, 4) is 33.8 Å². The summed E-state index contributed by atoms with van der Waals surface area (Å²) in [5, 5.41) is 0. The molecule has 0 atom stereocenters. The van der Waals surface area contributed by atoms with Gasteiger partial charge in [-0.25, -0.2) is 0 Å². The first kappa shape index (κ1) is 34.9. The van der Waals surface area contributed by atoms with E-state index in [4.69, 9.17) is 4.74 Å². The third-order valence-corrected chi connectivity index (χ3v) is 13.6. The molecule has 6 heteroatoms. The molecule has 0 spiro atoms. The molecule has 284 valence electrons. The van der Waals surface area contributed by atoms with Crippen molar-refractivity contribution in [3.63, 3.8) is 0 Å². The Kier molecular flexibility index (Phi) is 8.32. The summed E-state index contributed by atoms with van der Waals surface area (Å²) in [6, 6.07) is 76.0. The minimum Gasteiger partial charge on any atom is -0.453 e. The van der Waals surface area contributed by atoms with Crippen molar-refractivity contribution in [3.05, 3.63) is 212 Å². The van der Waals surface area contributed by atoms with Gasteiger partial charge in [0.15, 0.2) is 11.5 Å². The monoisotopic (exact) mass is 805 g/mol. The molecule has 0 radical (unpaired) electrons. The Labute approximate surface area is 358 Å². The lowest BCUT2D eigenvalue weighted by Gasteiger charge is -2.34. The van der Waals surface area contributed by atoms with Crippen LogP contribution in [0.2, 0.25) is 0 Å². The van der Waals surface area contributed by atoms with Gasteiger partial charge in [0.2, 0.25) is 0 Å². The molecular weight excluding hydrogens is 771 g/mol. The van der Waals surface area contributed by atoms with E-state index in [-0.39, 0.29) is 0 Å². The smallest absolute Gasteiger partial charge is 0.152 e. The van der Waals surface area contributed by atoms with Crippen LogP contribution in [-0.2, 0) is 0 Å². The molecule has 0 amide bonds. The predicted octanol–water partition coefficient (Wildman–Crippen LogP) is 16.5. The van der Waals surface area contributed by atoms with Crippen LogP contribution in [0.5, 0.6) is 11.5 Å². The summed E-state index contributed by atoms with van der Waals surface area (Å²) in [4.78, 5) is 12.0. The standard InChI is InChI=1S/C54H35N3OS2/c1-4-14-40(15-5-1)55-43-28-24-36(38-26-30-47-53(34-38)59-51-22-12-10-20-45(51)56(47)41-16-6-2-7-17-41)32-49(43)58-50-33-37(25-29-44(50)55)39-27-31-48-54(35-39)60-52-23-13-11-21-46(52)57(48)42-18-8-3-9-19-42/h1-35H. The molecule has 9 aromatic rings. The maximum atomic E-state index is 6.95. The van der Waals surface area contributed by atoms with Gasteiger partial charge in [0.1, 0.15) is 0 Å². The normalized spacial score (nSPS) is 13.2. The van der Waals surface area contributed by atoms with Crippen molar-refractivity contribution in [1.29, 1.82) is 0 Å². The van der Waals surface area contributed by atoms with Crippen molar-refractivity contribution in [2.45, 2.75) is 19.6 Å². The predicted molar refractivity (Wildman–Crippen MR) is 250 cm³/mol. The van der Waals surface area contributed by atoms with Crippen LogP contribution in [0.4, 0.5) is 51.2 Å². The van der Waals surface area contributed by atoms with Gasteiger partial charge in [-0.3, -0.25) is 0 Å². The van der Waals surface area contributed by atoms with E-state index in [1.165, 1.54) is 42.3 Å². The molecule has 12 rings (SSSR count). The lowest BCUT2D eigenvalue weighted by Crippen LogP contribution is -2.16. The topological polar surface area (TPSA) is 19.0 Å². The third-order valence-electron chi connectivity index (χ3n) is 11.4. The lowest BCUT2D eigenvalue weighted by molar-refractivity contribution is 0.477. The van der Waals surface area contributed by atoms with Crippen LogP contribution in [-0.4, -0.2) is 0 Å². The molecule has 9 aromatic carbocycles. The van der Waals surface area contributed by atoms with E-state index in [0.717, 1.165) is 62.2 Å². The van der Waals surface area contributed by atoms with Crippen molar-refractivity contribution >= 4 is 74.7 Å². The van der Waals surface area contributed by atoms with E-state index in [1.54, 1.807) is 0 Å². The van der Waals surface area contributed by atoms with Gasteiger partial charge in [0, 0.05) is 36.6 Å². The highest BCUT2D eigenvalue weighted by molar-refractivity contribution is 8.00. The number of rotatable bonds is 5. The maximum Gasteiger partial charge on any atom is 0.152 e. The average Bonchev–Trinajstić information content (AvgIpc) is 3.31. The summed E-state index contributed by atoms with van der Waals surface area (Å²) in [7, 11) is 0. The summed E-state index contributed by atoms with van der Waals surface area (Å²) >= 11 is 3.65. The van der Waals surface area contributed by atoms with Crippen LogP contribution in [0.15, 0.2) is 232 Å². The Balaban J connectivity index is 0.924. The highest BCUT2D eigenvalue weighted by Crippen LogP contribution is 2.56. The van der Waals surface area contributed by atoms with E-state index in [9.17, 15) is 0 Å². The Bertz CT molecular complexity index is 2910. The quantitative estimate of drug-likeness (QED) is 0.171. The highest BCUT2D eigenvalue weighted by atomic mass is 32.2. The SMILES string of the molecule is c1ccc(N2c3ccc(-c4ccc5c(c4)Sc4ccccc4N5c4ccccc4)cc3Oc3cc(-c4ccc5c(c4)Sc4ccccc4N5c4ccccc4)ccc32)cc1. The van der Waals surface area contributed by atoms with Crippen LogP contribution in [0.25, 0.3) is 22.3 Å². The second kappa shape index (κ2) is 14.3. The molecule has 0 saturated carbocycles. The Morgan fingerprint density at radius 3 is 1.00 bits per heavy atom. The number of hydrogen-bond acceptors (Lipinski definition) is 6. The van der Waals surface area contributed by atoms with E-state index in [1.807, 2.05) is 23.5 Å². The summed E-state index contributed by atoms with van der Waals surface area (Å²) < 4.78 is 6.95. The molecule has 0 aromatic heterocycles. The van der Waals surface area contributed by atoms with E-state index in [0.29, 0.717) is 0 Å². The highest BCUT2D eigenvalue weighted by Gasteiger charge is 2.30. The first-order valence-corrected chi connectivity index (χ1v) is 21.7. The maximum absolute atomic E-state index is 6.95. The van der Waals surface area contributed by atoms with Crippen LogP contribution in [0.1, 0.15) is 0 Å². The Hall–Kier alpha value is -7.12. The molecule has 0 unspecified atom stereocenters.